The Balaban J connectivity index is 2.28. The quantitative estimate of drug-likeness (QED) is 0.871. The van der Waals surface area contributed by atoms with Gasteiger partial charge in [-0.25, -0.2) is 0 Å². The van der Waals surface area contributed by atoms with E-state index in [-0.39, 0.29) is 5.54 Å². The number of likely N-dealkylation sites (N-methyl/N-ethyl adjacent to an activating group) is 1. The highest BCUT2D eigenvalue weighted by atomic mass is 15.3. The van der Waals surface area contributed by atoms with E-state index in [0.29, 0.717) is 18.2 Å². The SMILES string of the molecule is CN1C(CN)CN(c2cccc(C#N)c2)CC1(C)C. The Bertz CT molecular complexity index is 489. The van der Waals surface area contributed by atoms with Crippen molar-refractivity contribution >= 4 is 5.69 Å². The number of nitrogens with zero attached hydrogens (tertiary/aromatic N) is 3. The van der Waals surface area contributed by atoms with Crippen LogP contribution in [0.15, 0.2) is 24.3 Å². The van der Waals surface area contributed by atoms with Crippen LogP contribution in [-0.2, 0) is 0 Å². The molecule has 0 aliphatic carbocycles. The number of hydrogen-bond donors (Lipinski definition) is 1. The Morgan fingerprint density at radius 3 is 2.84 bits per heavy atom. The molecule has 4 nitrogen and oxygen atoms in total. The molecule has 4 heteroatoms. The molecule has 19 heavy (non-hydrogen) atoms. The molecule has 1 aromatic carbocycles. The molecule has 1 fully saturated rings. The number of benzene rings is 1. The van der Waals surface area contributed by atoms with Crippen LogP contribution in [0.25, 0.3) is 0 Å². The van der Waals surface area contributed by atoms with E-state index >= 15 is 0 Å². The van der Waals surface area contributed by atoms with E-state index in [0.717, 1.165) is 18.8 Å². The molecule has 2 N–H and O–H groups in total. The molecule has 1 saturated heterocycles. The Morgan fingerprint density at radius 1 is 1.47 bits per heavy atom. The van der Waals surface area contributed by atoms with Crippen molar-refractivity contribution in [3.63, 3.8) is 0 Å². The summed E-state index contributed by atoms with van der Waals surface area (Å²) in [5.74, 6) is 0. The van der Waals surface area contributed by atoms with Gasteiger partial charge in [-0.15, -0.1) is 0 Å². The second kappa shape index (κ2) is 5.20. The standard InChI is InChI=1S/C15H22N4/c1-15(2)11-19(10-14(9-17)18(15)3)13-6-4-5-12(7-13)8-16/h4-7,14H,9-11,17H2,1-3H3. The maximum absolute atomic E-state index is 9.01. The smallest absolute Gasteiger partial charge is 0.0992 e. The molecule has 0 saturated carbocycles. The summed E-state index contributed by atoms with van der Waals surface area (Å²) in [6.45, 7) is 6.96. The summed E-state index contributed by atoms with van der Waals surface area (Å²) in [6.07, 6.45) is 0. The monoisotopic (exact) mass is 258 g/mol. The maximum Gasteiger partial charge on any atom is 0.0992 e. The minimum Gasteiger partial charge on any atom is -0.368 e. The summed E-state index contributed by atoms with van der Waals surface area (Å²) in [5, 5.41) is 9.01. The summed E-state index contributed by atoms with van der Waals surface area (Å²) < 4.78 is 0. The zero-order chi connectivity index (χ0) is 14.0. The Morgan fingerprint density at radius 2 is 2.21 bits per heavy atom. The lowest BCUT2D eigenvalue weighted by Gasteiger charge is -2.50. The summed E-state index contributed by atoms with van der Waals surface area (Å²) >= 11 is 0. The Hall–Kier alpha value is -1.57. The van der Waals surface area contributed by atoms with Gasteiger partial charge in [0.25, 0.3) is 0 Å². The molecule has 0 radical (unpaired) electrons. The Labute approximate surface area is 115 Å². The molecule has 0 amide bonds. The molecule has 1 heterocycles. The first kappa shape index (κ1) is 13.9. The van der Waals surface area contributed by atoms with Gasteiger partial charge in [-0.3, -0.25) is 4.90 Å². The molecule has 102 valence electrons. The fraction of sp³-hybridized carbons (Fsp3) is 0.533. The number of piperazine rings is 1. The van der Waals surface area contributed by atoms with Crippen LogP contribution in [0, 0.1) is 11.3 Å². The number of hydrogen-bond acceptors (Lipinski definition) is 4. The molecule has 2 rings (SSSR count). The van der Waals surface area contributed by atoms with Crippen LogP contribution in [-0.4, -0.2) is 43.2 Å². The third-order valence-electron chi connectivity index (χ3n) is 4.12. The van der Waals surface area contributed by atoms with Crippen LogP contribution in [0.2, 0.25) is 0 Å². The third-order valence-corrected chi connectivity index (χ3v) is 4.12. The van der Waals surface area contributed by atoms with E-state index in [1.54, 1.807) is 0 Å². The first-order chi connectivity index (χ1) is 8.97. The lowest BCUT2D eigenvalue weighted by atomic mass is 9.95. The molecule has 0 spiro atoms. The highest BCUT2D eigenvalue weighted by molar-refractivity contribution is 5.52. The predicted molar refractivity (Wildman–Crippen MR) is 78.1 cm³/mol. The summed E-state index contributed by atoms with van der Waals surface area (Å²) in [5.41, 5.74) is 7.78. The average molecular weight is 258 g/mol. The fourth-order valence-corrected chi connectivity index (χ4v) is 2.72. The van der Waals surface area contributed by atoms with Gasteiger partial charge in [0.2, 0.25) is 0 Å². The molecule has 1 aliphatic heterocycles. The van der Waals surface area contributed by atoms with Crippen LogP contribution in [0.3, 0.4) is 0 Å². The van der Waals surface area contributed by atoms with E-state index in [1.807, 2.05) is 18.2 Å². The van der Waals surface area contributed by atoms with E-state index in [4.69, 9.17) is 11.0 Å². The molecule has 1 aliphatic rings. The molecule has 1 unspecified atom stereocenters. The lowest BCUT2D eigenvalue weighted by molar-refractivity contribution is 0.0845. The van der Waals surface area contributed by atoms with Crippen LogP contribution >= 0.6 is 0 Å². The van der Waals surface area contributed by atoms with Gasteiger partial charge < -0.3 is 10.6 Å². The number of nitriles is 1. The molecule has 0 aromatic heterocycles. The summed E-state index contributed by atoms with van der Waals surface area (Å²) in [6, 6.07) is 10.3. The topological polar surface area (TPSA) is 56.3 Å². The van der Waals surface area contributed by atoms with Gasteiger partial charge in [0.15, 0.2) is 0 Å². The minimum atomic E-state index is 0.0743. The van der Waals surface area contributed by atoms with Crippen molar-refractivity contribution in [3.8, 4) is 6.07 Å². The van der Waals surface area contributed by atoms with Crippen LogP contribution in [0.1, 0.15) is 19.4 Å². The van der Waals surface area contributed by atoms with Crippen molar-refractivity contribution in [2.45, 2.75) is 25.4 Å². The van der Waals surface area contributed by atoms with Crippen molar-refractivity contribution in [2.24, 2.45) is 5.73 Å². The van der Waals surface area contributed by atoms with E-state index < -0.39 is 0 Å². The Kier molecular flexibility index (Phi) is 3.79. The third kappa shape index (κ3) is 2.73. The van der Waals surface area contributed by atoms with E-state index in [9.17, 15) is 0 Å². The zero-order valence-corrected chi connectivity index (χ0v) is 11.9. The number of anilines is 1. The summed E-state index contributed by atoms with van der Waals surface area (Å²) in [7, 11) is 2.14. The predicted octanol–water partition coefficient (Wildman–Crippen LogP) is 1.42. The van der Waals surface area contributed by atoms with Gasteiger partial charge in [0, 0.05) is 36.9 Å². The minimum absolute atomic E-state index is 0.0743. The van der Waals surface area contributed by atoms with Gasteiger partial charge >= 0.3 is 0 Å². The van der Waals surface area contributed by atoms with Gasteiger partial charge in [-0.1, -0.05) is 6.07 Å². The molecule has 1 aromatic rings. The first-order valence-electron chi connectivity index (χ1n) is 6.66. The maximum atomic E-state index is 9.01. The van der Waals surface area contributed by atoms with E-state index in [1.165, 1.54) is 0 Å². The summed E-state index contributed by atoms with van der Waals surface area (Å²) in [4.78, 5) is 4.69. The number of rotatable bonds is 2. The van der Waals surface area contributed by atoms with Gasteiger partial charge in [-0.05, 0) is 39.1 Å². The highest BCUT2D eigenvalue weighted by Gasteiger charge is 2.36. The van der Waals surface area contributed by atoms with Crippen molar-refractivity contribution in [2.75, 3.05) is 31.6 Å². The lowest BCUT2D eigenvalue weighted by Crippen LogP contribution is -2.64. The molecule has 0 bridgehead atoms. The zero-order valence-electron chi connectivity index (χ0n) is 11.9. The van der Waals surface area contributed by atoms with E-state index in [2.05, 4.69) is 42.8 Å². The average Bonchev–Trinajstić information content (AvgIpc) is 2.41. The molecular weight excluding hydrogens is 236 g/mol. The largest absolute Gasteiger partial charge is 0.368 e. The van der Waals surface area contributed by atoms with Crippen LogP contribution in [0.4, 0.5) is 5.69 Å². The number of nitrogens with two attached hydrogens (primary N) is 1. The second-order valence-corrected chi connectivity index (χ2v) is 5.86. The second-order valence-electron chi connectivity index (χ2n) is 5.86. The van der Waals surface area contributed by atoms with Gasteiger partial charge in [-0.2, -0.15) is 5.26 Å². The van der Waals surface area contributed by atoms with Crippen LogP contribution < -0.4 is 10.6 Å². The van der Waals surface area contributed by atoms with Crippen LogP contribution in [0.5, 0.6) is 0 Å². The molecular formula is C15H22N4. The van der Waals surface area contributed by atoms with Crippen molar-refractivity contribution < 1.29 is 0 Å². The normalized spacial score (nSPS) is 23.1. The first-order valence-corrected chi connectivity index (χ1v) is 6.66. The van der Waals surface area contributed by atoms with Gasteiger partial charge in [0.05, 0.1) is 11.6 Å². The fourth-order valence-electron chi connectivity index (χ4n) is 2.72. The van der Waals surface area contributed by atoms with Crippen molar-refractivity contribution in [1.82, 2.24) is 4.90 Å². The highest BCUT2D eigenvalue weighted by Crippen LogP contribution is 2.27. The van der Waals surface area contributed by atoms with Crippen molar-refractivity contribution in [3.05, 3.63) is 29.8 Å². The molecule has 1 atom stereocenters. The van der Waals surface area contributed by atoms with Gasteiger partial charge in [0.1, 0.15) is 0 Å². The van der Waals surface area contributed by atoms with Crippen molar-refractivity contribution in [1.29, 1.82) is 5.26 Å².